The lowest BCUT2D eigenvalue weighted by Crippen LogP contribution is -2.21. The second kappa shape index (κ2) is 8.83. The molecular weight excluding hydrogens is 387 g/mol. The van der Waals surface area contributed by atoms with Crippen LogP contribution in [0.2, 0.25) is 0 Å². The largest absolute Gasteiger partial charge is 0.465 e. The molecule has 0 saturated heterocycles. The number of benzene rings is 1. The molecule has 0 aliphatic heterocycles. The molecule has 1 fully saturated rings. The van der Waals surface area contributed by atoms with Gasteiger partial charge in [0.05, 0.1) is 35.4 Å². The first-order valence-corrected chi connectivity index (χ1v) is 8.07. The molecule has 3 rings (SSSR count). The number of halogens is 5. The predicted octanol–water partition coefficient (Wildman–Crippen LogP) is 4.00. The number of aromatic nitrogens is 1. The molecule has 152 valence electrons. The zero-order chi connectivity index (χ0) is 20.9. The number of alkyl halides is 3. The van der Waals surface area contributed by atoms with E-state index < -0.39 is 41.7 Å². The Kier molecular flexibility index (Phi) is 6.73. The molecule has 0 bridgehead atoms. The zero-order valence-electron chi connectivity index (χ0n) is 14.4. The van der Waals surface area contributed by atoms with Crippen LogP contribution < -0.4 is 16.4 Å². The van der Waals surface area contributed by atoms with Crippen molar-refractivity contribution >= 4 is 17.5 Å². The van der Waals surface area contributed by atoms with Crippen molar-refractivity contribution in [3.05, 3.63) is 53.4 Å². The third-order valence-corrected chi connectivity index (χ3v) is 3.51. The molecule has 0 radical (unpaired) electrons. The maximum Gasteiger partial charge on any atom is 0.418 e. The van der Waals surface area contributed by atoms with E-state index >= 15 is 0 Å². The molecule has 1 aromatic carbocycles. The van der Waals surface area contributed by atoms with Crippen molar-refractivity contribution in [3.63, 3.8) is 0 Å². The Bertz CT molecular complexity index is 841. The predicted molar refractivity (Wildman–Crippen MR) is 91.0 cm³/mol. The quantitative estimate of drug-likeness (QED) is 0.578. The Morgan fingerprint density at radius 1 is 1.25 bits per heavy atom. The molecule has 0 spiro atoms. The SMILES string of the molecule is NC1CC1.O=C(O)NCc1ncc(Nc2ccc(F)cc2C(F)(F)F)cc1F. The number of nitrogens with zero attached hydrogens (tertiary/aromatic N) is 1. The second-order valence-corrected chi connectivity index (χ2v) is 5.96. The van der Waals surface area contributed by atoms with Crippen LogP contribution in [0.15, 0.2) is 30.5 Å². The summed E-state index contributed by atoms with van der Waals surface area (Å²) in [7, 11) is 0. The molecule has 1 saturated carbocycles. The number of nitrogens with two attached hydrogens (primary N) is 1. The molecule has 11 heteroatoms. The summed E-state index contributed by atoms with van der Waals surface area (Å²) in [6.07, 6.45) is -2.62. The summed E-state index contributed by atoms with van der Waals surface area (Å²) in [6, 6.07) is 3.45. The van der Waals surface area contributed by atoms with Gasteiger partial charge in [-0.15, -0.1) is 0 Å². The third-order valence-electron chi connectivity index (χ3n) is 3.51. The molecule has 1 aliphatic rings. The molecule has 5 N–H and O–H groups in total. The van der Waals surface area contributed by atoms with Crippen molar-refractivity contribution in [2.24, 2.45) is 5.73 Å². The van der Waals surface area contributed by atoms with E-state index in [2.05, 4.69) is 10.3 Å². The van der Waals surface area contributed by atoms with E-state index in [-0.39, 0.29) is 11.4 Å². The first-order chi connectivity index (χ1) is 13.1. The summed E-state index contributed by atoms with van der Waals surface area (Å²) < 4.78 is 65.5. The van der Waals surface area contributed by atoms with Gasteiger partial charge in [0.2, 0.25) is 0 Å². The van der Waals surface area contributed by atoms with Crippen LogP contribution in [0.3, 0.4) is 0 Å². The van der Waals surface area contributed by atoms with Crippen molar-refractivity contribution in [1.29, 1.82) is 0 Å². The van der Waals surface area contributed by atoms with E-state index in [0.29, 0.717) is 12.1 Å². The number of rotatable bonds is 4. The number of anilines is 2. The molecule has 1 aromatic heterocycles. The van der Waals surface area contributed by atoms with Gasteiger partial charge < -0.3 is 21.5 Å². The molecule has 0 atom stereocenters. The minimum Gasteiger partial charge on any atom is -0.465 e. The van der Waals surface area contributed by atoms with Crippen molar-refractivity contribution < 1.29 is 31.9 Å². The van der Waals surface area contributed by atoms with Crippen LogP contribution in [-0.4, -0.2) is 22.2 Å². The molecular formula is C17H17F5N4O2. The lowest BCUT2D eigenvalue weighted by Gasteiger charge is -2.15. The Hall–Kier alpha value is -2.95. The van der Waals surface area contributed by atoms with E-state index in [1.807, 2.05) is 5.32 Å². The van der Waals surface area contributed by atoms with Crippen molar-refractivity contribution in [3.8, 4) is 0 Å². The van der Waals surface area contributed by atoms with Crippen LogP contribution in [-0.2, 0) is 12.7 Å². The maximum absolute atomic E-state index is 13.8. The Morgan fingerprint density at radius 2 is 1.89 bits per heavy atom. The first kappa shape index (κ1) is 21.4. The van der Waals surface area contributed by atoms with Crippen molar-refractivity contribution in [1.82, 2.24) is 10.3 Å². The van der Waals surface area contributed by atoms with Gasteiger partial charge in [-0.3, -0.25) is 4.98 Å². The average molecular weight is 404 g/mol. The fraction of sp³-hybridized carbons (Fsp3) is 0.294. The van der Waals surface area contributed by atoms with Gasteiger partial charge in [0, 0.05) is 12.1 Å². The van der Waals surface area contributed by atoms with Crippen LogP contribution >= 0.6 is 0 Å². The first-order valence-electron chi connectivity index (χ1n) is 8.07. The highest BCUT2D eigenvalue weighted by Gasteiger charge is 2.34. The van der Waals surface area contributed by atoms with Crippen LogP contribution in [0.5, 0.6) is 0 Å². The fourth-order valence-corrected chi connectivity index (χ4v) is 1.94. The van der Waals surface area contributed by atoms with Gasteiger partial charge in [0.1, 0.15) is 11.6 Å². The summed E-state index contributed by atoms with van der Waals surface area (Å²) in [5, 5.41) is 12.7. The van der Waals surface area contributed by atoms with Crippen LogP contribution in [0.1, 0.15) is 24.1 Å². The molecule has 6 nitrogen and oxygen atoms in total. The van der Waals surface area contributed by atoms with E-state index in [0.717, 1.165) is 24.4 Å². The molecule has 1 amide bonds. The van der Waals surface area contributed by atoms with E-state index in [1.54, 1.807) is 0 Å². The average Bonchev–Trinajstić information content (AvgIpc) is 3.37. The molecule has 0 unspecified atom stereocenters. The van der Waals surface area contributed by atoms with E-state index in [4.69, 9.17) is 10.8 Å². The summed E-state index contributed by atoms with van der Waals surface area (Å²) in [5.74, 6) is -1.98. The summed E-state index contributed by atoms with van der Waals surface area (Å²) in [5.41, 5.74) is 3.17. The Morgan fingerprint density at radius 3 is 2.39 bits per heavy atom. The summed E-state index contributed by atoms with van der Waals surface area (Å²) in [4.78, 5) is 14.0. The number of hydrogen-bond donors (Lipinski definition) is 4. The van der Waals surface area contributed by atoms with Crippen LogP contribution in [0.4, 0.5) is 38.1 Å². The fourth-order valence-electron chi connectivity index (χ4n) is 1.94. The monoisotopic (exact) mass is 404 g/mol. The summed E-state index contributed by atoms with van der Waals surface area (Å²) >= 11 is 0. The second-order valence-electron chi connectivity index (χ2n) is 5.96. The Labute approximate surface area is 156 Å². The minimum absolute atomic E-state index is 0.108. The minimum atomic E-state index is -4.80. The normalized spacial score (nSPS) is 13.4. The summed E-state index contributed by atoms with van der Waals surface area (Å²) in [6.45, 7) is -0.397. The van der Waals surface area contributed by atoms with E-state index in [9.17, 15) is 26.7 Å². The van der Waals surface area contributed by atoms with Crippen molar-refractivity contribution in [2.45, 2.75) is 31.6 Å². The molecule has 1 heterocycles. The number of carboxylic acid groups (broad SMARTS) is 1. The standard InChI is InChI=1S/C14H10F5N3O2.C3H7N/c15-7-1-2-11(9(3-7)14(17,18)19)22-8-4-10(16)12(20-5-8)6-21-13(23)24;4-3-1-2-3/h1-5,21-22H,6H2,(H,23,24);3H,1-2,4H2. The highest BCUT2D eigenvalue weighted by atomic mass is 19.4. The van der Waals surface area contributed by atoms with Gasteiger partial charge >= 0.3 is 12.3 Å². The number of amides is 1. The molecule has 2 aromatic rings. The van der Waals surface area contributed by atoms with Gasteiger partial charge in [-0.25, -0.2) is 13.6 Å². The lowest BCUT2D eigenvalue weighted by molar-refractivity contribution is -0.137. The highest BCUT2D eigenvalue weighted by Crippen LogP contribution is 2.36. The maximum atomic E-state index is 13.8. The highest BCUT2D eigenvalue weighted by molar-refractivity contribution is 5.65. The molecule has 1 aliphatic carbocycles. The van der Waals surface area contributed by atoms with Gasteiger partial charge in [-0.05, 0) is 31.0 Å². The topological polar surface area (TPSA) is 100 Å². The van der Waals surface area contributed by atoms with E-state index in [1.165, 1.54) is 12.8 Å². The lowest BCUT2D eigenvalue weighted by atomic mass is 10.1. The van der Waals surface area contributed by atoms with Gasteiger partial charge in [-0.1, -0.05) is 0 Å². The number of hydrogen-bond acceptors (Lipinski definition) is 4. The van der Waals surface area contributed by atoms with Crippen LogP contribution in [0.25, 0.3) is 0 Å². The number of carbonyl (C=O) groups is 1. The van der Waals surface area contributed by atoms with Gasteiger partial charge in [0.25, 0.3) is 0 Å². The van der Waals surface area contributed by atoms with Crippen LogP contribution in [0, 0.1) is 11.6 Å². The smallest absolute Gasteiger partial charge is 0.418 e. The van der Waals surface area contributed by atoms with Crippen molar-refractivity contribution in [2.75, 3.05) is 5.32 Å². The number of pyridine rings is 1. The Balaban J connectivity index is 0.000000620. The number of nitrogens with one attached hydrogen (secondary N) is 2. The van der Waals surface area contributed by atoms with Gasteiger partial charge in [-0.2, -0.15) is 13.2 Å². The van der Waals surface area contributed by atoms with Gasteiger partial charge in [0.15, 0.2) is 0 Å². The molecule has 28 heavy (non-hydrogen) atoms. The third kappa shape index (κ3) is 6.65. The zero-order valence-corrected chi connectivity index (χ0v) is 14.4.